The molecule has 2 rings (SSSR count). The summed E-state index contributed by atoms with van der Waals surface area (Å²) in [7, 11) is 0. The normalized spacial score (nSPS) is 13.6. The van der Waals surface area contributed by atoms with Crippen molar-refractivity contribution in [3.63, 3.8) is 0 Å². The third-order valence-corrected chi connectivity index (χ3v) is 3.17. The van der Waals surface area contributed by atoms with Crippen LogP contribution in [0, 0.1) is 0 Å². The lowest BCUT2D eigenvalue weighted by atomic mass is 9.86. The molecule has 0 radical (unpaired) electrons. The fraction of sp³-hybridized carbons (Fsp3) is 0.375. The summed E-state index contributed by atoms with van der Waals surface area (Å²) >= 11 is 0. The molecule has 0 bridgehead atoms. The van der Waals surface area contributed by atoms with Gasteiger partial charge in [0.15, 0.2) is 0 Å². The minimum atomic E-state index is -0.475. The van der Waals surface area contributed by atoms with Crippen molar-refractivity contribution in [2.45, 2.75) is 38.7 Å². The Balaban J connectivity index is 2.10. The zero-order valence-electron chi connectivity index (χ0n) is 11.2. The second-order valence-electron chi connectivity index (χ2n) is 5.72. The van der Waals surface area contributed by atoms with Crippen LogP contribution in [0.4, 0.5) is 0 Å². The van der Waals surface area contributed by atoms with Gasteiger partial charge in [-0.25, -0.2) is 0 Å². The monoisotopic (exact) mass is 244 g/mol. The third-order valence-electron chi connectivity index (χ3n) is 3.17. The second-order valence-corrected chi connectivity index (χ2v) is 5.72. The summed E-state index contributed by atoms with van der Waals surface area (Å²) in [6, 6.07) is 10.1. The Bertz CT molecular complexity index is 475. The van der Waals surface area contributed by atoms with Gasteiger partial charge in [-0.2, -0.15) is 0 Å². The van der Waals surface area contributed by atoms with Crippen LogP contribution in [0.3, 0.4) is 0 Å². The first-order valence-corrected chi connectivity index (χ1v) is 6.26. The van der Waals surface area contributed by atoms with Crippen molar-refractivity contribution in [2.24, 2.45) is 0 Å². The van der Waals surface area contributed by atoms with Crippen molar-refractivity contribution < 1.29 is 9.52 Å². The van der Waals surface area contributed by atoms with Crippen molar-refractivity contribution in [2.75, 3.05) is 0 Å². The minimum Gasteiger partial charge on any atom is -0.472 e. The summed E-state index contributed by atoms with van der Waals surface area (Å²) in [4.78, 5) is 0. The SMILES string of the molecule is CC(C)(C)c1ccc(C(O)Cc2ccoc2)cc1. The highest BCUT2D eigenvalue weighted by atomic mass is 16.3. The van der Waals surface area contributed by atoms with Crippen molar-refractivity contribution in [1.29, 1.82) is 0 Å². The number of aliphatic hydroxyl groups is 1. The van der Waals surface area contributed by atoms with Crippen molar-refractivity contribution in [3.8, 4) is 0 Å². The van der Waals surface area contributed by atoms with Crippen LogP contribution >= 0.6 is 0 Å². The first-order chi connectivity index (χ1) is 8.47. The predicted molar refractivity (Wildman–Crippen MR) is 72.5 cm³/mol. The summed E-state index contributed by atoms with van der Waals surface area (Å²) in [6.45, 7) is 6.55. The zero-order valence-corrected chi connectivity index (χ0v) is 11.2. The number of hydrogen-bond acceptors (Lipinski definition) is 2. The molecule has 2 nitrogen and oxygen atoms in total. The van der Waals surface area contributed by atoms with E-state index in [-0.39, 0.29) is 5.41 Å². The van der Waals surface area contributed by atoms with E-state index in [1.165, 1.54) is 5.56 Å². The van der Waals surface area contributed by atoms with Gasteiger partial charge in [-0.3, -0.25) is 0 Å². The summed E-state index contributed by atoms with van der Waals surface area (Å²) in [5.41, 5.74) is 3.39. The molecule has 0 aliphatic carbocycles. The van der Waals surface area contributed by atoms with E-state index >= 15 is 0 Å². The van der Waals surface area contributed by atoms with E-state index in [9.17, 15) is 5.11 Å². The standard InChI is InChI=1S/C16H20O2/c1-16(2,3)14-6-4-13(5-7-14)15(17)10-12-8-9-18-11-12/h4-9,11,15,17H,10H2,1-3H3. The highest BCUT2D eigenvalue weighted by Gasteiger charge is 2.15. The Kier molecular flexibility index (Phi) is 3.58. The molecule has 0 fully saturated rings. The van der Waals surface area contributed by atoms with Gasteiger partial charge in [-0.1, -0.05) is 45.0 Å². The zero-order chi connectivity index (χ0) is 13.2. The molecule has 0 aliphatic rings. The lowest BCUT2D eigenvalue weighted by Crippen LogP contribution is -2.11. The van der Waals surface area contributed by atoms with Crippen LogP contribution in [0.15, 0.2) is 47.3 Å². The number of hydrogen-bond donors (Lipinski definition) is 1. The quantitative estimate of drug-likeness (QED) is 0.889. The number of aliphatic hydroxyl groups excluding tert-OH is 1. The van der Waals surface area contributed by atoms with E-state index in [1.807, 2.05) is 18.2 Å². The molecule has 0 amide bonds. The number of rotatable bonds is 3. The van der Waals surface area contributed by atoms with E-state index in [4.69, 9.17) is 4.42 Å². The van der Waals surface area contributed by atoms with E-state index in [1.54, 1.807) is 12.5 Å². The molecular formula is C16H20O2. The molecule has 1 aromatic heterocycles. The van der Waals surface area contributed by atoms with Crippen LogP contribution in [-0.2, 0) is 11.8 Å². The Morgan fingerprint density at radius 1 is 1.11 bits per heavy atom. The van der Waals surface area contributed by atoms with Crippen LogP contribution in [0.5, 0.6) is 0 Å². The van der Waals surface area contributed by atoms with Crippen LogP contribution in [-0.4, -0.2) is 5.11 Å². The Morgan fingerprint density at radius 3 is 2.28 bits per heavy atom. The minimum absolute atomic E-state index is 0.147. The molecule has 96 valence electrons. The molecule has 2 aromatic rings. The van der Waals surface area contributed by atoms with Crippen LogP contribution < -0.4 is 0 Å². The van der Waals surface area contributed by atoms with Crippen molar-refractivity contribution in [3.05, 3.63) is 59.5 Å². The molecule has 1 N–H and O–H groups in total. The summed E-state index contributed by atoms with van der Waals surface area (Å²) < 4.78 is 5.00. The number of furan rings is 1. The van der Waals surface area contributed by atoms with E-state index in [0.29, 0.717) is 6.42 Å². The summed E-state index contributed by atoms with van der Waals surface area (Å²) in [5.74, 6) is 0. The highest BCUT2D eigenvalue weighted by molar-refractivity contribution is 5.29. The maximum absolute atomic E-state index is 10.1. The maximum atomic E-state index is 10.1. The molecule has 0 saturated carbocycles. The van der Waals surface area contributed by atoms with Crippen LogP contribution in [0.2, 0.25) is 0 Å². The van der Waals surface area contributed by atoms with Gasteiger partial charge < -0.3 is 9.52 Å². The van der Waals surface area contributed by atoms with Gasteiger partial charge in [-0.05, 0) is 28.2 Å². The van der Waals surface area contributed by atoms with Gasteiger partial charge in [0.05, 0.1) is 18.6 Å². The molecule has 1 atom stereocenters. The van der Waals surface area contributed by atoms with E-state index in [0.717, 1.165) is 11.1 Å². The van der Waals surface area contributed by atoms with Gasteiger partial charge in [0.1, 0.15) is 0 Å². The molecular weight excluding hydrogens is 224 g/mol. The second kappa shape index (κ2) is 4.99. The van der Waals surface area contributed by atoms with E-state index in [2.05, 4.69) is 32.9 Å². The Hall–Kier alpha value is -1.54. The summed E-state index contributed by atoms with van der Waals surface area (Å²) in [6.07, 6.45) is 3.42. The lowest BCUT2D eigenvalue weighted by molar-refractivity contribution is 0.178. The Morgan fingerprint density at radius 2 is 1.78 bits per heavy atom. The van der Waals surface area contributed by atoms with Crippen molar-refractivity contribution in [1.82, 2.24) is 0 Å². The molecule has 1 unspecified atom stereocenters. The molecule has 18 heavy (non-hydrogen) atoms. The molecule has 1 aromatic carbocycles. The number of benzene rings is 1. The lowest BCUT2D eigenvalue weighted by Gasteiger charge is -2.20. The topological polar surface area (TPSA) is 33.4 Å². The maximum Gasteiger partial charge on any atom is 0.0935 e. The van der Waals surface area contributed by atoms with Gasteiger partial charge in [0.25, 0.3) is 0 Å². The fourth-order valence-corrected chi connectivity index (χ4v) is 1.96. The Labute approximate surface area is 108 Å². The van der Waals surface area contributed by atoms with Crippen molar-refractivity contribution >= 4 is 0 Å². The molecule has 0 spiro atoms. The fourth-order valence-electron chi connectivity index (χ4n) is 1.96. The molecule has 0 aliphatic heterocycles. The van der Waals surface area contributed by atoms with Crippen LogP contribution in [0.25, 0.3) is 0 Å². The smallest absolute Gasteiger partial charge is 0.0935 e. The highest BCUT2D eigenvalue weighted by Crippen LogP contribution is 2.25. The third kappa shape index (κ3) is 3.02. The van der Waals surface area contributed by atoms with Gasteiger partial charge in [-0.15, -0.1) is 0 Å². The molecule has 2 heteroatoms. The largest absolute Gasteiger partial charge is 0.472 e. The predicted octanol–water partition coefficient (Wildman–Crippen LogP) is 3.85. The first kappa shape index (κ1) is 12.9. The summed E-state index contributed by atoms with van der Waals surface area (Å²) in [5, 5.41) is 10.1. The average molecular weight is 244 g/mol. The van der Waals surface area contributed by atoms with Gasteiger partial charge in [0.2, 0.25) is 0 Å². The molecule has 1 heterocycles. The average Bonchev–Trinajstić information content (AvgIpc) is 2.81. The van der Waals surface area contributed by atoms with E-state index < -0.39 is 6.10 Å². The van der Waals surface area contributed by atoms with Gasteiger partial charge >= 0.3 is 0 Å². The van der Waals surface area contributed by atoms with Crippen LogP contribution in [0.1, 0.15) is 43.6 Å². The molecule has 0 saturated heterocycles. The first-order valence-electron chi connectivity index (χ1n) is 6.26. The van der Waals surface area contributed by atoms with Gasteiger partial charge in [0, 0.05) is 6.42 Å².